The number of nitrogens with one attached hydrogen (secondary N) is 2. The maximum atomic E-state index is 12.8. The van der Waals surface area contributed by atoms with E-state index in [-0.39, 0.29) is 49.2 Å². The second-order valence-electron chi connectivity index (χ2n) is 12.8. The first-order valence-electron chi connectivity index (χ1n) is 17.8. The lowest BCUT2D eigenvalue weighted by molar-refractivity contribution is -0.152. The predicted octanol–water partition coefficient (Wildman–Crippen LogP) is 4.80. The molecule has 7 aromatic rings. The number of fused-ring (bicyclic) bond motifs is 2. The quantitative estimate of drug-likeness (QED) is 0.0328. The molecule has 19 nitrogen and oxygen atoms in total. The molecule has 1 fully saturated rings. The SMILES string of the molecule is Cc1ccc(-c2noc(CCC(=O)O)n2)cc1NC(=O)c1cnc2ccccn12.Cc1ccc(/C(N)=N/O)cc1NC(=O)c1cnc2ccccn12.O=C1CCC(=O)O1. The number of nitrogens with two attached hydrogens (primary N) is 1. The first-order valence-corrected chi connectivity index (χ1v) is 17.8. The number of aryl methyl sites for hydroxylation is 3. The van der Waals surface area contributed by atoms with Crippen LogP contribution in [0.5, 0.6) is 0 Å². The van der Waals surface area contributed by atoms with Crippen molar-refractivity contribution in [1.82, 2.24) is 28.9 Å². The lowest BCUT2D eigenvalue weighted by atomic mass is 10.1. The normalized spacial score (nSPS) is 12.3. The van der Waals surface area contributed by atoms with Gasteiger partial charge in [0, 0.05) is 41.3 Å². The third-order valence-corrected chi connectivity index (χ3v) is 8.71. The van der Waals surface area contributed by atoms with Crippen LogP contribution in [0.15, 0.2) is 107 Å². The number of ether oxygens (including phenoxy) is 1. The number of imidazole rings is 2. The van der Waals surface area contributed by atoms with Crippen molar-refractivity contribution in [1.29, 1.82) is 0 Å². The molecule has 300 valence electrons. The summed E-state index contributed by atoms with van der Waals surface area (Å²) in [5.74, 6) is -1.75. The average Bonchev–Trinajstić information content (AvgIpc) is 4.06. The summed E-state index contributed by atoms with van der Waals surface area (Å²) in [5.41, 5.74) is 11.9. The fourth-order valence-electron chi connectivity index (χ4n) is 5.56. The average molecular weight is 801 g/mol. The van der Waals surface area contributed by atoms with E-state index < -0.39 is 17.9 Å². The van der Waals surface area contributed by atoms with Crippen molar-refractivity contribution in [3.63, 3.8) is 0 Å². The number of cyclic esters (lactones) is 2. The number of carbonyl (C=O) groups excluding carboxylic acids is 4. The number of aromatic nitrogens is 6. The molecule has 0 saturated carbocycles. The maximum Gasteiger partial charge on any atom is 0.314 e. The number of amidine groups is 1. The zero-order valence-electron chi connectivity index (χ0n) is 31.5. The largest absolute Gasteiger partial charge is 0.481 e. The highest BCUT2D eigenvalue weighted by molar-refractivity contribution is 6.05. The van der Waals surface area contributed by atoms with E-state index in [0.717, 1.165) is 11.1 Å². The van der Waals surface area contributed by atoms with Gasteiger partial charge >= 0.3 is 17.9 Å². The monoisotopic (exact) mass is 800 g/mol. The van der Waals surface area contributed by atoms with Crippen LogP contribution in [0, 0.1) is 13.8 Å². The summed E-state index contributed by atoms with van der Waals surface area (Å²) in [7, 11) is 0. The van der Waals surface area contributed by atoms with E-state index >= 15 is 0 Å². The van der Waals surface area contributed by atoms with Gasteiger partial charge in [-0.15, -0.1) is 0 Å². The van der Waals surface area contributed by atoms with Gasteiger partial charge in [-0.3, -0.25) is 32.8 Å². The number of carboxylic acids is 1. The third kappa shape index (κ3) is 9.97. The minimum atomic E-state index is -0.933. The van der Waals surface area contributed by atoms with Crippen LogP contribution in [0.3, 0.4) is 0 Å². The molecular formula is C40H36N10O9. The number of nitrogens with zero attached hydrogens (tertiary/aromatic N) is 7. The topological polar surface area (TPSA) is 271 Å². The highest BCUT2D eigenvalue weighted by Gasteiger charge is 2.19. The van der Waals surface area contributed by atoms with Gasteiger partial charge in [0.1, 0.15) is 22.7 Å². The minimum absolute atomic E-state index is 0.0182. The van der Waals surface area contributed by atoms with Crippen molar-refractivity contribution in [3.8, 4) is 11.4 Å². The molecule has 59 heavy (non-hydrogen) atoms. The number of hydrogen-bond acceptors (Lipinski definition) is 13. The first-order chi connectivity index (χ1) is 28.4. The summed E-state index contributed by atoms with van der Waals surface area (Å²) in [4.78, 5) is 68.6. The third-order valence-electron chi connectivity index (χ3n) is 8.71. The first kappa shape index (κ1) is 40.4. The van der Waals surface area contributed by atoms with Gasteiger partial charge in [-0.25, -0.2) is 9.97 Å². The van der Waals surface area contributed by atoms with E-state index in [4.69, 9.17) is 20.6 Å². The molecule has 8 rings (SSSR count). The molecule has 1 saturated heterocycles. The summed E-state index contributed by atoms with van der Waals surface area (Å²) in [6, 6.07) is 21.6. The Bertz CT molecular complexity index is 2720. The number of oxime groups is 1. The highest BCUT2D eigenvalue weighted by Crippen LogP contribution is 2.25. The van der Waals surface area contributed by atoms with Crippen LogP contribution >= 0.6 is 0 Å². The lowest BCUT2D eigenvalue weighted by Crippen LogP contribution is -2.17. The van der Waals surface area contributed by atoms with E-state index in [0.29, 0.717) is 51.0 Å². The van der Waals surface area contributed by atoms with Gasteiger partial charge in [0.25, 0.3) is 11.8 Å². The van der Waals surface area contributed by atoms with Crippen molar-refractivity contribution in [2.24, 2.45) is 10.9 Å². The van der Waals surface area contributed by atoms with Gasteiger partial charge in [-0.05, 0) is 61.4 Å². The number of hydrogen-bond donors (Lipinski definition) is 5. The Kier molecular flexibility index (Phi) is 12.4. The molecule has 0 radical (unpaired) electrons. The van der Waals surface area contributed by atoms with E-state index in [2.05, 4.69) is 40.6 Å². The number of amides is 2. The van der Waals surface area contributed by atoms with E-state index in [9.17, 15) is 24.0 Å². The molecule has 2 amide bonds. The van der Waals surface area contributed by atoms with Gasteiger partial charge in [-0.2, -0.15) is 4.98 Å². The van der Waals surface area contributed by atoms with Crippen LogP contribution < -0.4 is 16.4 Å². The summed E-state index contributed by atoms with van der Waals surface area (Å²) in [6.07, 6.45) is 7.19. The molecular weight excluding hydrogens is 765 g/mol. The van der Waals surface area contributed by atoms with Gasteiger partial charge in [-0.1, -0.05) is 46.7 Å². The number of carbonyl (C=O) groups is 5. The van der Waals surface area contributed by atoms with Gasteiger partial charge in [0.05, 0.1) is 31.7 Å². The number of carboxylic acid groups (broad SMARTS) is 1. The molecule has 0 spiro atoms. The zero-order chi connectivity index (χ0) is 42.1. The standard InChI is InChI=1S/C20H17N5O4.C16H15N5O2.C4H4O3/c1-12-5-6-13(19-23-17(29-24-19)7-8-18(26)27)10-14(12)22-20(28)15-11-21-16-4-2-3-9-25(15)16;1-10-5-6-11(15(17)20-23)8-12(10)19-16(22)13-9-18-14-4-2-3-7-21(13)14;5-3-1-2-4(6)7-3/h2-6,9-11H,7-8H2,1H3,(H,22,28)(H,26,27);2-9,23H,1H3,(H2,17,20)(H,19,22);1-2H2. The van der Waals surface area contributed by atoms with Crippen LogP contribution in [-0.4, -0.2) is 74.8 Å². The molecule has 0 unspecified atom stereocenters. The molecule has 2 aromatic carbocycles. The van der Waals surface area contributed by atoms with E-state index in [1.165, 1.54) is 12.4 Å². The molecule has 5 aromatic heterocycles. The van der Waals surface area contributed by atoms with Gasteiger partial charge in [0.15, 0.2) is 5.84 Å². The molecule has 1 aliphatic heterocycles. The Morgan fingerprint density at radius 2 is 1.37 bits per heavy atom. The summed E-state index contributed by atoms with van der Waals surface area (Å²) < 4.78 is 12.6. The van der Waals surface area contributed by atoms with Crippen LogP contribution in [0.4, 0.5) is 11.4 Å². The maximum absolute atomic E-state index is 12.8. The van der Waals surface area contributed by atoms with Crippen molar-refractivity contribution in [3.05, 3.63) is 132 Å². The summed E-state index contributed by atoms with van der Waals surface area (Å²) in [6.45, 7) is 3.74. The van der Waals surface area contributed by atoms with Crippen molar-refractivity contribution < 1.29 is 43.5 Å². The molecule has 0 bridgehead atoms. The Hall–Kier alpha value is -8.22. The summed E-state index contributed by atoms with van der Waals surface area (Å²) >= 11 is 0. The Labute approximate surface area is 334 Å². The molecule has 0 atom stereocenters. The molecule has 1 aliphatic rings. The van der Waals surface area contributed by atoms with Crippen LogP contribution in [0.2, 0.25) is 0 Å². The number of pyridine rings is 2. The lowest BCUT2D eigenvalue weighted by Gasteiger charge is -2.10. The number of rotatable bonds is 9. The molecule has 6 heterocycles. The van der Waals surface area contributed by atoms with Gasteiger partial charge < -0.3 is 35.9 Å². The van der Waals surface area contributed by atoms with Crippen molar-refractivity contribution in [2.75, 3.05) is 10.6 Å². The van der Waals surface area contributed by atoms with Gasteiger partial charge in [0.2, 0.25) is 11.7 Å². The van der Waals surface area contributed by atoms with Crippen LogP contribution in [-0.2, 0) is 25.5 Å². The fourth-order valence-corrected chi connectivity index (χ4v) is 5.56. The summed E-state index contributed by atoms with van der Waals surface area (Å²) in [5, 5.41) is 30.1. The molecule has 0 aliphatic carbocycles. The van der Waals surface area contributed by atoms with Crippen molar-refractivity contribution >= 4 is 58.2 Å². The van der Waals surface area contributed by atoms with Crippen LogP contribution in [0.25, 0.3) is 22.7 Å². The zero-order valence-corrected chi connectivity index (χ0v) is 31.5. The highest BCUT2D eigenvalue weighted by atomic mass is 16.6. The number of anilines is 2. The van der Waals surface area contributed by atoms with E-state index in [1.807, 2.05) is 62.4 Å². The molecule has 6 N–H and O–H groups in total. The Morgan fingerprint density at radius 1 is 0.814 bits per heavy atom. The Morgan fingerprint density at radius 3 is 1.90 bits per heavy atom. The number of aliphatic carboxylic acids is 1. The van der Waals surface area contributed by atoms with Crippen molar-refractivity contribution in [2.45, 2.75) is 39.5 Å². The predicted molar refractivity (Wildman–Crippen MR) is 211 cm³/mol. The second kappa shape index (κ2) is 18.2. The number of benzene rings is 2. The van der Waals surface area contributed by atoms with Crippen LogP contribution in [0.1, 0.15) is 62.8 Å². The minimum Gasteiger partial charge on any atom is -0.481 e. The second-order valence-corrected chi connectivity index (χ2v) is 12.8. The fraction of sp³-hybridized carbons (Fsp3) is 0.150. The number of esters is 2. The van der Waals surface area contributed by atoms with E-state index in [1.54, 1.807) is 45.5 Å². The Balaban J connectivity index is 0.000000173. The molecule has 19 heteroatoms. The smallest absolute Gasteiger partial charge is 0.314 e.